The van der Waals surface area contributed by atoms with Crippen molar-refractivity contribution in [3.8, 4) is 12.3 Å². The molecular weight excluding hydrogens is 406 g/mol. The maximum absolute atomic E-state index is 12.8. The minimum Gasteiger partial charge on any atom is -0.474 e. The first-order valence-corrected chi connectivity index (χ1v) is 10.7. The molecule has 5 nitrogen and oxygen atoms in total. The number of anilines is 2. The molecule has 0 spiro atoms. The van der Waals surface area contributed by atoms with E-state index in [1.807, 2.05) is 24.3 Å². The fourth-order valence-electron chi connectivity index (χ4n) is 4.09. The van der Waals surface area contributed by atoms with Crippen LogP contribution >= 0.6 is 12.2 Å². The van der Waals surface area contributed by atoms with E-state index in [9.17, 15) is 4.79 Å². The van der Waals surface area contributed by atoms with Gasteiger partial charge < -0.3 is 15.4 Å². The van der Waals surface area contributed by atoms with Crippen LogP contribution in [0.25, 0.3) is 10.9 Å². The number of thiocarbonyl (C=S) groups is 1. The van der Waals surface area contributed by atoms with Crippen molar-refractivity contribution in [2.75, 3.05) is 17.7 Å². The number of nitrogens with one attached hydrogen (secondary N) is 2. The lowest BCUT2D eigenvalue weighted by molar-refractivity contribution is -0.667. The quantitative estimate of drug-likeness (QED) is 0.369. The number of hydrogen-bond donors (Lipinski definition) is 2. The van der Waals surface area contributed by atoms with Gasteiger partial charge in [-0.05, 0) is 73.8 Å². The third-order valence-electron chi connectivity index (χ3n) is 5.52. The molecule has 156 valence electrons. The maximum Gasteiger partial charge on any atom is 0.260 e. The summed E-state index contributed by atoms with van der Waals surface area (Å²) in [4.78, 5) is 12.8. The van der Waals surface area contributed by atoms with E-state index in [1.54, 1.807) is 18.2 Å². The summed E-state index contributed by atoms with van der Waals surface area (Å²) in [6.07, 6.45) is 10.2. The lowest BCUT2D eigenvalue weighted by Gasteiger charge is -2.16. The number of carbonyl (C=O) groups excluding carboxylic acids is 1. The second-order valence-electron chi connectivity index (χ2n) is 7.54. The van der Waals surface area contributed by atoms with Gasteiger partial charge in [-0.15, -0.1) is 6.42 Å². The van der Waals surface area contributed by atoms with Gasteiger partial charge >= 0.3 is 0 Å². The van der Waals surface area contributed by atoms with Gasteiger partial charge in [0.25, 0.3) is 11.1 Å². The highest BCUT2D eigenvalue weighted by Crippen LogP contribution is 2.25. The number of methoxy groups -OCH3 is 1. The Hall–Kier alpha value is -3.43. The van der Waals surface area contributed by atoms with Gasteiger partial charge in [0.15, 0.2) is 5.69 Å². The number of pyridine rings is 1. The molecule has 3 aromatic rings. The minimum absolute atomic E-state index is 0.194. The van der Waals surface area contributed by atoms with E-state index < -0.39 is 0 Å². The first-order chi connectivity index (χ1) is 15.1. The molecular formula is C25H24N3O2S+. The number of hydrogen-bond acceptors (Lipinski definition) is 3. The summed E-state index contributed by atoms with van der Waals surface area (Å²) < 4.78 is 7.20. The van der Waals surface area contributed by atoms with Gasteiger partial charge in [-0.3, -0.25) is 4.79 Å². The number of benzene rings is 2. The Morgan fingerprint density at radius 1 is 1.13 bits per heavy atom. The molecule has 0 atom stereocenters. The molecule has 1 aliphatic carbocycles. The van der Waals surface area contributed by atoms with E-state index >= 15 is 0 Å². The lowest BCUT2D eigenvalue weighted by Crippen LogP contribution is -2.41. The minimum atomic E-state index is -0.194. The number of rotatable bonds is 4. The highest BCUT2D eigenvalue weighted by Gasteiger charge is 2.23. The maximum atomic E-state index is 12.8. The number of aryl methyl sites for hydroxylation is 1. The second-order valence-corrected chi connectivity index (χ2v) is 7.91. The summed E-state index contributed by atoms with van der Waals surface area (Å²) >= 11 is 5.02. The molecule has 1 aliphatic rings. The predicted molar refractivity (Wildman–Crippen MR) is 127 cm³/mol. The van der Waals surface area contributed by atoms with Gasteiger partial charge in [0.2, 0.25) is 12.1 Å². The Balaban J connectivity index is 1.62. The van der Waals surface area contributed by atoms with Crippen LogP contribution in [0.1, 0.15) is 34.5 Å². The number of fused-ring (bicyclic) bond motifs is 2. The van der Waals surface area contributed by atoms with Crippen LogP contribution in [-0.2, 0) is 24.1 Å². The Bertz CT molecular complexity index is 1210. The molecule has 1 heterocycles. The smallest absolute Gasteiger partial charge is 0.260 e. The van der Waals surface area contributed by atoms with Gasteiger partial charge in [0, 0.05) is 40.4 Å². The molecule has 0 aliphatic heterocycles. The molecule has 0 unspecified atom stereocenters. The van der Waals surface area contributed by atoms with Crippen LogP contribution in [0.5, 0.6) is 0 Å². The molecule has 2 aromatic carbocycles. The van der Waals surface area contributed by atoms with Crippen LogP contribution in [0.4, 0.5) is 11.4 Å². The first kappa shape index (κ1) is 20.8. The van der Waals surface area contributed by atoms with E-state index in [1.165, 1.54) is 31.2 Å². The Kier molecular flexibility index (Phi) is 6.15. The molecule has 4 rings (SSSR count). The highest BCUT2D eigenvalue weighted by molar-refractivity contribution is 7.80. The predicted octanol–water partition coefficient (Wildman–Crippen LogP) is 4.23. The number of terminal acetylenes is 1. The van der Waals surface area contributed by atoms with Crippen molar-refractivity contribution in [1.29, 1.82) is 0 Å². The average molecular weight is 431 g/mol. The van der Waals surface area contributed by atoms with Crippen molar-refractivity contribution < 1.29 is 14.1 Å². The summed E-state index contributed by atoms with van der Waals surface area (Å²) in [7, 11) is 1.50. The second kappa shape index (κ2) is 9.15. The van der Waals surface area contributed by atoms with E-state index in [2.05, 4.69) is 27.2 Å². The molecule has 0 saturated heterocycles. The molecule has 0 bridgehead atoms. The Morgan fingerprint density at radius 3 is 2.74 bits per heavy atom. The van der Waals surface area contributed by atoms with Crippen LogP contribution in [-0.4, -0.2) is 18.2 Å². The van der Waals surface area contributed by atoms with Gasteiger partial charge in [0.1, 0.15) is 0 Å². The van der Waals surface area contributed by atoms with Crippen molar-refractivity contribution in [2.24, 2.45) is 0 Å². The van der Waals surface area contributed by atoms with Crippen molar-refractivity contribution in [3.63, 3.8) is 0 Å². The van der Waals surface area contributed by atoms with E-state index in [0.717, 1.165) is 29.4 Å². The lowest BCUT2D eigenvalue weighted by atomic mass is 9.94. The third kappa shape index (κ3) is 4.52. The zero-order valence-corrected chi connectivity index (χ0v) is 18.2. The standard InChI is InChI=1S/C25H23N3O2S/c1-3-13-28-22-10-5-4-7-17(22)14-19-16-21(11-12-23(19)28)26-24(29)18-8-6-9-20(15-18)27-25(31)30-2/h1,6,8-9,11-12,14-16H,4-5,7,10,13H2,2H3,(H-,26,27,29,31)/p+1. The summed E-state index contributed by atoms with van der Waals surface area (Å²) in [5.41, 5.74) is 5.75. The van der Waals surface area contributed by atoms with Gasteiger partial charge in [-0.25, -0.2) is 0 Å². The summed E-state index contributed by atoms with van der Waals surface area (Å²) in [5.74, 6) is 2.59. The number of ether oxygens (including phenoxy) is 1. The normalized spacial score (nSPS) is 12.5. The first-order valence-electron chi connectivity index (χ1n) is 10.3. The van der Waals surface area contributed by atoms with Gasteiger partial charge in [-0.1, -0.05) is 6.07 Å². The molecule has 31 heavy (non-hydrogen) atoms. The third-order valence-corrected chi connectivity index (χ3v) is 5.79. The van der Waals surface area contributed by atoms with Crippen molar-refractivity contribution in [2.45, 2.75) is 32.2 Å². The van der Waals surface area contributed by atoms with Crippen molar-refractivity contribution in [3.05, 3.63) is 65.4 Å². The fraction of sp³-hybridized carbons (Fsp3) is 0.240. The summed E-state index contributed by atoms with van der Waals surface area (Å²) in [6.45, 7) is 0.550. The summed E-state index contributed by atoms with van der Waals surface area (Å²) in [6, 6.07) is 15.3. The van der Waals surface area contributed by atoms with Gasteiger partial charge in [0.05, 0.1) is 7.11 Å². The molecule has 0 saturated carbocycles. The Morgan fingerprint density at radius 2 is 1.94 bits per heavy atom. The summed E-state index contributed by atoms with van der Waals surface area (Å²) in [5, 5.41) is 7.25. The van der Waals surface area contributed by atoms with Crippen LogP contribution in [0.2, 0.25) is 0 Å². The molecule has 6 heteroatoms. The fourth-order valence-corrected chi connectivity index (χ4v) is 4.20. The van der Waals surface area contributed by atoms with E-state index in [0.29, 0.717) is 17.8 Å². The average Bonchev–Trinajstić information content (AvgIpc) is 2.79. The van der Waals surface area contributed by atoms with Crippen LogP contribution in [0, 0.1) is 12.3 Å². The zero-order chi connectivity index (χ0) is 21.8. The molecule has 0 radical (unpaired) electrons. The van der Waals surface area contributed by atoms with Gasteiger partial charge in [-0.2, -0.15) is 4.57 Å². The van der Waals surface area contributed by atoms with Crippen molar-refractivity contribution >= 4 is 45.6 Å². The molecule has 0 fully saturated rings. The van der Waals surface area contributed by atoms with Crippen LogP contribution < -0.4 is 15.2 Å². The zero-order valence-electron chi connectivity index (χ0n) is 17.4. The van der Waals surface area contributed by atoms with Crippen LogP contribution in [0.15, 0.2) is 48.5 Å². The number of carbonyl (C=O) groups is 1. The SMILES string of the molecule is C#CC[n+]1c2c(cc3cc(NC(=O)c4cccc(NC(=S)OC)c4)ccc31)CCCC2. The van der Waals surface area contributed by atoms with E-state index in [4.69, 9.17) is 23.4 Å². The topological polar surface area (TPSA) is 54.2 Å². The number of nitrogens with zero attached hydrogens (tertiary/aromatic N) is 1. The van der Waals surface area contributed by atoms with Crippen LogP contribution in [0.3, 0.4) is 0 Å². The van der Waals surface area contributed by atoms with E-state index in [-0.39, 0.29) is 11.1 Å². The van der Waals surface area contributed by atoms with Crippen molar-refractivity contribution in [1.82, 2.24) is 0 Å². The largest absolute Gasteiger partial charge is 0.474 e. The number of amides is 1. The Labute approximate surface area is 187 Å². The monoisotopic (exact) mass is 430 g/mol. The highest BCUT2D eigenvalue weighted by atomic mass is 32.1. The molecule has 1 amide bonds. The molecule has 1 aromatic heterocycles. The molecule has 2 N–H and O–H groups in total. The number of aromatic nitrogens is 1.